The van der Waals surface area contributed by atoms with Crippen LogP contribution >= 0.6 is 11.8 Å². The van der Waals surface area contributed by atoms with Crippen LogP contribution in [0.4, 0.5) is 5.95 Å². The number of anilines is 1. The number of fused-ring (bicyclic) bond motifs is 1. The molecule has 114 valence electrons. The number of thioether (sulfide) groups is 1. The van der Waals surface area contributed by atoms with Crippen molar-refractivity contribution >= 4 is 28.9 Å². The van der Waals surface area contributed by atoms with E-state index in [1.54, 1.807) is 7.05 Å². The van der Waals surface area contributed by atoms with Crippen molar-refractivity contribution < 1.29 is 0 Å². The van der Waals surface area contributed by atoms with E-state index in [9.17, 15) is 9.59 Å². The van der Waals surface area contributed by atoms with Crippen molar-refractivity contribution in [2.45, 2.75) is 30.6 Å². The molecular weight excluding hydrogens is 290 g/mol. The van der Waals surface area contributed by atoms with Crippen LogP contribution in [0.2, 0.25) is 0 Å². The van der Waals surface area contributed by atoms with Crippen LogP contribution in [0.25, 0.3) is 11.2 Å². The molecule has 0 aromatic carbocycles. The molecule has 0 aliphatic heterocycles. The summed E-state index contributed by atoms with van der Waals surface area (Å²) in [5.41, 5.74) is 0.0417. The Morgan fingerprint density at radius 3 is 2.76 bits per heavy atom. The molecule has 1 fully saturated rings. The topological polar surface area (TPSA) is 84.7 Å². The molecule has 0 spiro atoms. The molecule has 0 saturated heterocycles. The van der Waals surface area contributed by atoms with Gasteiger partial charge in [-0.25, -0.2) is 4.79 Å². The Morgan fingerprint density at radius 1 is 1.29 bits per heavy atom. The minimum Gasteiger partial charge on any atom is -0.352 e. The van der Waals surface area contributed by atoms with Crippen molar-refractivity contribution in [3.05, 3.63) is 20.8 Å². The van der Waals surface area contributed by atoms with Crippen LogP contribution in [0.3, 0.4) is 0 Å². The molecule has 7 nitrogen and oxygen atoms in total. The van der Waals surface area contributed by atoms with E-state index in [1.165, 1.54) is 24.5 Å². The van der Waals surface area contributed by atoms with Crippen molar-refractivity contribution in [2.24, 2.45) is 14.1 Å². The zero-order chi connectivity index (χ0) is 15.1. The summed E-state index contributed by atoms with van der Waals surface area (Å²) in [5, 5.41) is 3.93. The van der Waals surface area contributed by atoms with E-state index in [-0.39, 0.29) is 11.2 Å². The molecule has 21 heavy (non-hydrogen) atoms. The van der Waals surface area contributed by atoms with Gasteiger partial charge in [0.25, 0.3) is 5.56 Å². The fraction of sp³-hybridized carbons (Fsp3) is 0.615. The van der Waals surface area contributed by atoms with Gasteiger partial charge in [0.1, 0.15) is 0 Å². The summed E-state index contributed by atoms with van der Waals surface area (Å²) in [6, 6.07) is 0.349. The lowest BCUT2D eigenvalue weighted by atomic mass is 10.2. The van der Waals surface area contributed by atoms with Crippen LogP contribution in [0.5, 0.6) is 0 Å². The first-order chi connectivity index (χ1) is 10.0. The maximum Gasteiger partial charge on any atom is 0.332 e. The number of rotatable bonds is 3. The Bertz CT molecular complexity index is 790. The number of H-pyrrole nitrogens is 1. The maximum absolute atomic E-state index is 12.1. The Balaban J connectivity index is 2.02. The second kappa shape index (κ2) is 5.25. The van der Waals surface area contributed by atoms with Crippen LogP contribution < -0.4 is 16.6 Å². The van der Waals surface area contributed by atoms with Crippen LogP contribution in [-0.2, 0) is 14.1 Å². The molecular formula is C13H19N5O2S. The fourth-order valence-corrected chi connectivity index (χ4v) is 3.88. The number of nitrogens with one attached hydrogen (secondary N) is 2. The first-order valence-corrected chi connectivity index (χ1v) is 8.26. The number of hydrogen-bond acceptors (Lipinski definition) is 5. The van der Waals surface area contributed by atoms with Crippen molar-refractivity contribution in [1.29, 1.82) is 0 Å². The standard InChI is InChI=1S/C13H19N5O2S/c1-17-10-9(11(19)18(2)13(17)20)15-12(16-10)14-7-5-4-6-8(7)21-3/h7-8H,4-6H2,1-3H3,(H2,14,15,16). The molecule has 3 rings (SSSR count). The normalized spacial score (nSPS) is 22.0. The molecule has 2 heterocycles. The van der Waals surface area contributed by atoms with Crippen LogP contribution in [0.15, 0.2) is 9.59 Å². The summed E-state index contributed by atoms with van der Waals surface area (Å²) in [4.78, 5) is 31.4. The summed E-state index contributed by atoms with van der Waals surface area (Å²) >= 11 is 1.85. The van der Waals surface area contributed by atoms with Crippen molar-refractivity contribution in [2.75, 3.05) is 11.6 Å². The van der Waals surface area contributed by atoms with Gasteiger partial charge in [-0.15, -0.1) is 0 Å². The van der Waals surface area contributed by atoms with Crippen LogP contribution in [-0.4, -0.2) is 36.6 Å². The SMILES string of the molecule is CSC1CCCC1Nc1nc2c([nH]1)c(=O)n(C)c(=O)n2C. The van der Waals surface area contributed by atoms with Gasteiger partial charge in [-0.05, 0) is 19.1 Å². The minimum atomic E-state index is -0.367. The van der Waals surface area contributed by atoms with Gasteiger partial charge in [0.2, 0.25) is 5.95 Å². The first-order valence-electron chi connectivity index (χ1n) is 6.98. The third kappa shape index (κ3) is 2.27. The lowest BCUT2D eigenvalue weighted by Crippen LogP contribution is -2.36. The highest BCUT2D eigenvalue weighted by Gasteiger charge is 2.27. The Kier molecular flexibility index (Phi) is 3.56. The van der Waals surface area contributed by atoms with Gasteiger partial charge in [0.15, 0.2) is 11.2 Å². The number of nitrogens with zero attached hydrogens (tertiary/aromatic N) is 3. The monoisotopic (exact) mass is 309 g/mol. The molecule has 2 atom stereocenters. The van der Waals surface area contributed by atoms with E-state index in [4.69, 9.17) is 0 Å². The summed E-state index contributed by atoms with van der Waals surface area (Å²) in [6.07, 6.45) is 5.60. The molecule has 0 bridgehead atoms. The largest absolute Gasteiger partial charge is 0.352 e. The van der Waals surface area contributed by atoms with Crippen molar-refractivity contribution in [1.82, 2.24) is 19.1 Å². The zero-order valence-corrected chi connectivity index (χ0v) is 13.2. The summed E-state index contributed by atoms with van der Waals surface area (Å²) < 4.78 is 2.48. The molecule has 1 aliphatic carbocycles. The highest BCUT2D eigenvalue weighted by atomic mass is 32.2. The van der Waals surface area contributed by atoms with E-state index < -0.39 is 0 Å². The lowest BCUT2D eigenvalue weighted by molar-refractivity contribution is 0.708. The fourth-order valence-electron chi connectivity index (χ4n) is 2.94. The average molecular weight is 309 g/mol. The van der Waals surface area contributed by atoms with E-state index >= 15 is 0 Å². The molecule has 2 aromatic heterocycles. The minimum absolute atomic E-state index is 0.346. The number of aromatic nitrogens is 4. The van der Waals surface area contributed by atoms with E-state index in [0.29, 0.717) is 28.4 Å². The molecule has 0 radical (unpaired) electrons. The third-order valence-electron chi connectivity index (χ3n) is 4.17. The predicted molar refractivity (Wildman–Crippen MR) is 85.1 cm³/mol. The second-order valence-electron chi connectivity index (χ2n) is 5.45. The summed E-state index contributed by atoms with van der Waals surface area (Å²) in [5.74, 6) is 0.564. The first kappa shape index (κ1) is 14.2. The van der Waals surface area contributed by atoms with Gasteiger partial charge in [-0.1, -0.05) is 6.42 Å². The van der Waals surface area contributed by atoms with Gasteiger partial charge in [0, 0.05) is 25.4 Å². The van der Waals surface area contributed by atoms with Crippen molar-refractivity contribution in [3.8, 4) is 0 Å². The highest BCUT2D eigenvalue weighted by molar-refractivity contribution is 7.99. The smallest absolute Gasteiger partial charge is 0.332 e. The molecule has 1 aliphatic rings. The van der Waals surface area contributed by atoms with Gasteiger partial charge < -0.3 is 10.3 Å². The maximum atomic E-state index is 12.1. The lowest BCUT2D eigenvalue weighted by Gasteiger charge is -2.18. The number of imidazole rings is 1. The highest BCUT2D eigenvalue weighted by Crippen LogP contribution is 2.30. The zero-order valence-electron chi connectivity index (χ0n) is 12.3. The number of hydrogen-bond donors (Lipinski definition) is 2. The van der Waals surface area contributed by atoms with E-state index in [0.717, 1.165) is 11.0 Å². The molecule has 0 amide bonds. The molecule has 8 heteroatoms. The van der Waals surface area contributed by atoms with Crippen LogP contribution in [0.1, 0.15) is 19.3 Å². The Hall–Kier alpha value is -1.70. The van der Waals surface area contributed by atoms with Crippen molar-refractivity contribution in [3.63, 3.8) is 0 Å². The second-order valence-corrected chi connectivity index (χ2v) is 6.52. The Morgan fingerprint density at radius 2 is 2.05 bits per heavy atom. The van der Waals surface area contributed by atoms with Gasteiger partial charge in [-0.2, -0.15) is 16.7 Å². The number of aromatic amines is 1. The molecule has 2 unspecified atom stereocenters. The van der Waals surface area contributed by atoms with Crippen LogP contribution in [0, 0.1) is 0 Å². The molecule has 1 saturated carbocycles. The van der Waals surface area contributed by atoms with E-state index in [2.05, 4.69) is 21.5 Å². The quantitative estimate of drug-likeness (QED) is 0.870. The van der Waals surface area contributed by atoms with Gasteiger partial charge in [0.05, 0.1) is 0 Å². The van der Waals surface area contributed by atoms with Gasteiger partial charge >= 0.3 is 5.69 Å². The summed E-state index contributed by atoms with van der Waals surface area (Å²) in [6.45, 7) is 0. The van der Waals surface area contributed by atoms with E-state index in [1.807, 2.05) is 11.8 Å². The molecule has 2 aromatic rings. The van der Waals surface area contributed by atoms with Gasteiger partial charge in [-0.3, -0.25) is 13.9 Å². The number of aryl methyl sites for hydroxylation is 1. The predicted octanol–water partition coefficient (Wildman–Crippen LogP) is 0.656. The Labute approximate surface area is 125 Å². The molecule has 2 N–H and O–H groups in total. The average Bonchev–Trinajstić information content (AvgIpc) is 3.10. The summed E-state index contributed by atoms with van der Waals surface area (Å²) in [7, 11) is 3.09. The third-order valence-corrected chi connectivity index (χ3v) is 5.34.